The lowest BCUT2D eigenvalue weighted by Gasteiger charge is -2.29. The highest BCUT2D eigenvalue weighted by Crippen LogP contribution is 2.39. The van der Waals surface area contributed by atoms with Crippen LogP contribution in [-0.4, -0.2) is 35.2 Å². The van der Waals surface area contributed by atoms with E-state index in [1.807, 2.05) is 39.0 Å². The number of nitrogens with two attached hydrogens (primary N) is 1. The van der Waals surface area contributed by atoms with Gasteiger partial charge < -0.3 is 19.8 Å². The molecule has 3 rings (SSSR count). The van der Waals surface area contributed by atoms with Gasteiger partial charge in [0.15, 0.2) is 0 Å². The second-order valence-electron chi connectivity index (χ2n) is 7.58. The zero-order valence-electron chi connectivity index (χ0n) is 16.0. The summed E-state index contributed by atoms with van der Waals surface area (Å²) in [6.07, 6.45) is 1.42. The number of halogens is 1. The van der Waals surface area contributed by atoms with Crippen LogP contribution in [0.25, 0.3) is 10.9 Å². The average Bonchev–Trinajstić information content (AvgIpc) is 3.08. The van der Waals surface area contributed by atoms with Gasteiger partial charge in [-0.3, -0.25) is 0 Å². The lowest BCUT2D eigenvalue weighted by Crippen LogP contribution is -2.36. The molecule has 0 radical (unpaired) electrons. The number of nitrogen functional groups attached to an aromatic ring is 1. The summed E-state index contributed by atoms with van der Waals surface area (Å²) < 4.78 is 11.8. The molecule has 3 N–H and O–H groups in total. The van der Waals surface area contributed by atoms with Gasteiger partial charge in [-0.2, -0.15) is 0 Å². The van der Waals surface area contributed by atoms with Gasteiger partial charge in [-0.1, -0.05) is 0 Å². The van der Waals surface area contributed by atoms with Crippen LogP contribution in [0.15, 0.2) is 22.7 Å². The summed E-state index contributed by atoms with van der Waals surface area (Å²) in [5.41, 5.74) is 3.78. The molecule has 7 nitrogen and oxygen atoms in total. The number of fused-ring (bicyclic) bond motifs is 1. The van der Waals surface area contributed by atoms with Crippen molar-refractivity contribution in [2.45, 2.75) is 45.3 Å². The highest BCUT2D eigenvalue weighted by Gasteiger charge is 2.35. The number of methoxy groups -OCH3 is 1. The maximum absolute atomic E-state index is 12.7. The molecule has 1 fully saturated rings. The monoisotopic (exact) mass is 436 g/mol. The molecule has 1 aromatic heterocycles. The van der Waals surface area contributed by atoms with Crippen LogP contribution in [0.5, 0.6) is 5.75 Å². The van der Waals surface area contributed by atoms with Crippen molar-refractivity contribution in [1.29, 1.82) is 0 Å². The highest BCUT2D eigenvalue weighted by atomic mass is 79.9. The summed E-state index contributed by atoms with van der Waals surface area (Å²) in [5, 5.41) is 0.938. The Kier molecular flexibility index (Phi) is 5.48. The third-order valence-corrected chi connectivity index (χ3v) is 5.11. The van der Waals surface area contributed by atoms with E-state index >= 15 is 0 Å². The third kappa shape index (κ3) is 4.11. The Morgan fingerprint density at radius 2 is 2.11 bits per heavy atom. The highest BCUT2D eigenvalue weighted by molar-refractivity contribution is 9.10. The fourth-order valence-corrected chi connectivity index (χ4v) is 3.87. The first kappa shape index (κ1) is 19.7. The molecule has 0 bridgehead atoms. The second-order valence-corrected chi connectivity index (χ2v) is 8.44. The number of likely N-dealkylation sites (tertiary alicyclic amines) is 1. The number of amides is 1. The molecule has 0 spiro atoms. The van der Waals surface area contributed by atoms with Crippen LogP contribution in [0, 0.1) is 0 Å². The van der Waals surface area contributed by atoms with Gasteiger partial charge in [-0.15, -0.1) is 0 Å². The zero-order valence-corrected chi connectivity index (χ0v) is 17.6. The van der Waals surface area contributed by atoms with Gasteiger partial charge in [-0.25, -0.2) is 15.6 Å². The summed E-state index contributed by atoms with van der Waals surface area (Å²) in [6.45, 7) is 6.25. The largest absolute Gasteiger partial charge is 0.495 e. The number of rotatable bonds is 3. The van der Waals surface area contributed by atoms with Crippen molar-refractivity contribution in [3.8, 4) is 5.75 Å². The quantitative estimate of drug-likeness (QED) is 0.548. The number of ether oxygens (including phenoxy) is 2. The molecule has 8 heteroatoms. The maximum Gasteiger partial charge on any atom is 0.410 e. The van der Waals surface area contributed by atoms with E-state index in [9.17, 15) is 4.79 Å². The van der Waals surface area contributed by atoms with Gasteiger partial charge in [0.25, 0.3) is 0 Å². The van der Waals surface area contributed by atoms with E-state index in [0.717, 1.165) is 33.8 Å². The molecule has 146 valence electrons. The van der Waals surface area contributed by atoms with Crippen molar-refractivity contribution >= 4 is 38.7 Å². The number of nitrogens with zero attached hydrogens (tertiary/aromatic N) is 2. The van der Waals surface area contributed by atoms with Crippen LogP contribution in [0.1, 0.15) is 45.2 Å². The minimum atomic E-state index is -0.539. The Bertz CT molecular complexity index is 866. The Hall–Kier alpha value is -2.06. The average molecular weight is 437 g/mol. The van der Waals surface area contributed by atoms with E-state index in [2.05, 4.69) is 26.3 Å². The van der Waals surface area contributed by atoms with Crippen molar-refractivity contribution in [3.63, 3.8) is 0 Å². The molecule has 1 aromatic carbocycles. The second kappa shape index (κ2) is 7.52. The van der Waals surface area contributed by atoms with E-state index in [1.165, 1.54) is 0 Å². The molecule has 1 atom stereocenters. The number of hydrazine groups is 1. The lowest BCUT2D eigenvalue weighted by atomic mass is 10.0. The van der Waals surface area contributed by atoms with Crippen LogP contribution in [-0.2, 0) is 4.74 Å². The molecule has 1 aliphatic heterocycles. The van der Waals surface area contributed by atoms with E-state index in [4.69, 9.17) is 15.3 Å². The summed E-state index contributed by atoms with van der Waals surface area (Å²) in [4.78, 5) is 19.1. The first-order valence-corrected chi connectivity index (χ1v) is 9.67. The SMILES string of the molecule is COc1cc2nc(NN)c(C3CCCN3C(=O)OC(C)(C)C)cc2cc1Br. The smallest absolute Gasteiger partial charge is 0.410 e. The van der Waals surface area contributed by atoms with Crippen LogP contribution >= 0.6 is 15.9 Å². The summed E-state index contributed by atoms with van der Waals surface area (Å²) in [6, 6.07) is 5.70. The van der Waals surface area contributed by atoms with Crippen molar-refractivity contribution in [3.05, 3.63) is 28.2 Å². The van der Waals surface area contributed by atoms with Gasteiger partial charge in [0, 0.05) is 23.6 Å². The maximum atomic E-state index is 12.7. The number of hydrogen-bond donors (Lipinski definition) is 2. The van der Waals surface area contributed by atoms with Crippen molar-refractivity contribution in [1.82, 2.24) is 9.88 Å². The standard InChI is InChI=1S/C19H25BrN4O3/c1-19(2,3)27-18(25)24-7-5-6-15(24)12-8-11-9-13(20)16(26-4)10-14(11)22-17(12)23-21/h8-10,15H,5-7,21H2,1-4H3,(H,22,23). The first-order chi connectivity index (χ1) is 12.7. The van der Waals surface area contributed by atoms with Crippen molar-refractivity contribution in [2.75, 3.05) is 19.1 Å². The van der Waals surface area contributed by atoms with E-state index < -0.39 is 5.60 Å². The summed E-state index contributed by atoms with van der Waals surface area (Å²) in [7, 11) is 1.61. The number of carbonyl (C=O) groups is 1. The normalized spacial score (nSPS) is 17.3. The van der Waals surface area contributed by atoms with Crippen LogP contribution in [0.4, 0.5) is 10.6 Å². The van der Waals surface area contributed by atoms with Gasteiger partial charge in [-0.05, 0) is 61.7 Å². The predicted octanol–water partition coefficient (Wildman–Crippen LogP) is 4.36. The summed E-state index contributed by atoms with van der Waals surface area (Å²) in [5.74, 6) is 6.99. The Morgan fingerprint density at radius 3 is 2.74 bits per heavy atom. The Morgan fingerprint density at radius 1 is 1.37 bits per heavy atom. The molecule has 1 amide bonds. The van der Waals surface area contributed by atoms with E-state index in [0.29, 0.717) is 18.1 Å². The van der Waals surface area contributed by atoms with Crippen molar-refractivity contribution < 1.29 is 14.3 Å². The molecule has 1 aliphatic rings. The van der Waals surface area contributed by atoms with Gasteiger partial charge >= 0.3 is 6.09 Å². The van der Waals surface area contributed by atoms with Crippen LogP contribution < -0.4 is 16.0 Å². The van der Waals surface area contributed by atoms with Gasteiger partial charge in [0.05, 0.1) is 23.1 Å². The number of nitrogens with one attached hydrogen (secondary N) is 1. The minimum Gasteiger partial charge on any atom is -0.495 e. The predicted molar refractivity (Wildman–Crippen MR) is 109 cm³/mol. The summed E-state index contributed by atoms with van der Waals surface area (Å²) >= 11 is 3.51. The topological polar surface area (TPSA) is 89.7 Å². The molecule has 0 aliphatic carbocycles. The number of anilines is 1. The fraction of sp³-hybridized carbons (Fsp3) is 0.474. The number of benzene rings is 1. The fourth-order valence-electron chi connectivity index (χ4n) is 3.35. The van der Waals surface area contributed by atoms with Crippen LogP contribution in [0.2, 0.25) is 0 Å². The Balaban J connectivity index is 2.02. The molecule has 1 saturated heterocycles. The number of hydrogen-bond acceptors (Lipinski definition) is 6. The Labute approximate surface area is 167 Å². The minimum absolute atomic E-state index is 0.135. The van der Waals surface area contributed by atoms with Gasteiger partial charge in [0.2, 0.25) is 0 Å². The molecule has 2 heterocycles. The zero-order chi connectivity index (χ0) is 19.8. The number of aromatic nitrogens is 1. The molecule has 1 unspecified atom stereocenters. The molecular weight excluding hydrogens is 412 g/mol. The van der Waals surface area contributed by atoms with Gasteiger partial charge in [0.1, 0.15) is 17.2 Å². The molecule has 0 saturated carbocycles. The molecule has 27 heavy (non-hydrogen) atoms. The van der Waals surface area contributed by atoms with Crippen LogP contribution in [0.3, 0.4) is 0 Å². The number of pyridine rings is 1. The third-order valence-electron chi connectivity index (χ3n) is 4.49. The van der Waals surface area contributed by atoms with E-state index in [-0.39, 0.29) is 12.1 Å². The molecular formula is C19H25BrN4O3. The lowest BCUT2D eigenvalue weighted by molar-refractivity contribution is 0.0225. The van der Waals surface area contributed by atoms with E-state index in [1.54, 1.807) is 12.0 Å². The van der Waals surface area contributed by atoms with Crippen molar-refractivity contribution in [2.24, 2.45) is 5.84 Å². The first-order valence-electron chi connectivity index (χ1n) is 8.88. The number of carbonyl (C=O) groups excluding carboxylic acids is 1. The molecule has 2 aromatic rings.